The van der Waals surface area contributed by atoms with Gasteiger partial charge in [0.2, 0.25) is 5.76 Å². The molecule has 2 heterocycles. The summed E-state index contributed by atoms with van der Waals surface area (Å²) in [4.78, 5) is 28.9. The third-order valence-electron chi connectivity index (χ3n) is 6.46. The lowest BCUT2D eigenvalue weighted by Gasteiger charge is -2.25. The van der Waals surface area contributed by atoms with Crippen molar-refractivity contribution in [2.45, 2.75) is 46.6 Å². The van der Waals surface area contributed by atoms with Gasteiger partial charge < -0.3 is 23.5 Å². The first-order valence-electron chi connectivity index (χ1n) is 12.2. The number of fused-ring (bicyclic) bond motifs is 2. The second-order valence-electron chi connectivity index (χ2n) is 8.84. The van der Waals surface area contributed by atoms with Crippen LogP contribution in [-0.4, -0.2) is 44.3 Å². The highest BCUT2D eigenvalue weighted by Crippen LogP contribution is 2.41. The first-order valence-corrected chi connectivity index (χ1v) is 12.2. The molecule has 1 aliphatic heterocycles. The molecule has 1 unspecified atom stereocenters. The van der Waals surface area contributed by atoms with Gasteiger partial charge in [0.1, 0.15) is 5.58 Å². The van der Waals surface area contributed by atoms with Crippen LogP contribution >= 0.6 is 0 Å². The normalized spacial score (nSPS) is 15.1. The SMILES string of the molecule is CCCCOc1ccc(C2c3c(oc4cc(C)c(C)cc4c3=O)C(=O)N2CCOC)cc1OCC. The zero-order chi connectivity index (χ0) is 25.1. The average Bonchev–Trinajstić information content (AvgIpc) is 3.12. The Morgan fingerprint density at radius 3 is 2.46 bits per heavy atom. The van der Waals surface area contributed by atoms with Gasteiger partial charge in [-0.05, 0) is 68.1 Å². The van der Waals surface area contributed by atoms with Crippen molar-refractivity contribution < 1.29 is 23.4 Å². The van der Waals surface area contributed by atoms with Crippen LogP contribution in [0, 0.1) is 13.8 Å². The Labute approximate surface area is 205 Å². The lowest BCUT2D eigenvalue weighted by Crippen LogP contribution is -2.32. The van der Waals surface area contributed by atoms with Gasteiger partial charge in [-0.1, -0.05) is 19.4 Å². The van der Waals surface area contributed by atoms with Gasteiger partial charge in [-0.2, -0.15) is 0 Å². The number of hydrogen-bond acceptors (Lipinski definition) is 6. The predicted octanol–water partition coefficient (Wildman–Crippen LogP) is 5.18. The Kier molecular flexibility index (Phi) is 7.45. The van der Waals surface area contributed by atoms with Gasteiger partial charge in [0, 0.05) is 13.7 Å². The van der Waals surface area contributed by atoms with Crippen LogP contribution in [0.25, 0.3) is 11.0 Å². The molecule has 7 nitrogen and oxygen atoms in total. The second kappa shape index (κ2) is 10.5. The van der Waals surface area contributed by atoms with Crippen molar-refractivity contribution in [3.05, 3.63) is 68.6 Å². The molecular weight excluding hydrogens is 446 g/mol. The highest BCUT2D eigenvalue weighted by Gasteiger charge is 2.42. The molecule has 0 radical (unpaired) electrons. The molecule has 0 spiro atoms. The number of amides is 1. The van der Waals surface area contributed by atoms with E-state index in [2.05, 4.69) is 6.92 Å². The quantitative estimate of drug-likeness (QED) is 0.373. The summed E-state index contributed by atoms with van der Waals surface area (Å²) in [6.07, 6.45) is 1.97. The molecule has 4 rings (SSSR count). The Hall–Kier alpha value is -3.32. The number of ether oxygens (including phenoxy) is 3. The summed E-state index contributed by atoms with van der Waals surface area (Å²) in [5.41, 5.74) is 3.34. The minimum absolute atomic E-state index is 0.0908. The smallest absolute Gasteiger partial charge is 0.290 e. The largest absolute Gasteiger partial charge is 0.490 e. The van der Waals surface area contributed by atoms with Crippen LogP contribution in [0.3, 0.4) is 0 Å². The fourth-order valence-electron chi connectivity index (χ4n) is 4.45. The predicted molar refractivity (Wildman–Crippen MR) is 135 cm³/mol. The summed E-state index contributed by atoms with van der Waals surface area (Å²) in [7, 11) is 1.58. The van der Waals surface area contributed by atoms with E-state index in [-0.39, 0.29) is 17.1 Å². The molecule has 1 amide bonds. The third kappa shape index (κ3) is 4.65. The number of aryl methyl sites for hydroxylation is 2. The number of unbranched alkanes of at least 4 members (excludes halogenated alkanes) is 1. The average molecular weight is 480 g/mol. The van der Waals surface area contributed by atoms with Gasteiger partial charge in [0.05, 0.1) is 36.8 Å². The summed E-state index contributed by atoms with van der Waals surface area (Å²) < 4.78 is 23.1. The maximum atomic E-state index is 13.8. The molecule has 35 heavy (non-hydrogen) atoms. The second-order valence-corrected chi connectivity index (χ2v) is 8.84. The van der Waals surface area contributed by atoms with E-state index in [9.17, 15) is 9.59 Å². The van der Waals surface area contributed by atoms with E-state index >= 15 is 0 Å². The number of nitrogens with zero attached hydrogens (tertiary/aromatic N) is 1. The van der Waals surface area contributed by atoms with Crippen molar-refractivity contribution in [1.29, 1.82) is 0 Å². The van der Waals surface area contributed by atoms with Crippen LogP contribution < -0.4 is 14.9 Å². The highest BCUT2D eigenvalue weighted by molar-refractivity contribution is 5.99. The minimum atomic E-state index is -0.612. The fourth-order valence-corrected chi connectivity index (χ4v) is 4.45. The van der Waals surface area contributed by atoms with E-state index in [1.165, 1.54) is 0 Å². The van der Waals surface area contributed by atoms with Crippen molar-refractivity contribution in [2.75, 3.05) is 33.5 Å². The number of rotatable bonds is 10. The molecule has 2 aromatic carbocycles. The topological polar surface area (TPSA) is 78.2 Å². The zero-order valence-electron chi connectivity index (χ0n) is 21.1. The lowest BCUT2D eigenvalue weighted by atomic mass is 9.97. The van der Waals surface area contributed by atoms with Crippen molar-refractivity contribution in [2.24, 2.45) is 0 Å². The van der Waals surface area contributed by atoms with Crippen LogP contribution in [-0.2, 0) is 4.74 Å². The minimum Gasteiger partial charge on any atom is -0.490 e. The van der Waals surface area contributed by atoms with Gasteiger partial charge in [0.25, 0.3) is 5.91 Å². The van der Waals surface area contributed by atoms with Gasteiger partial charge in [-0.25, -0.2) is 0 Å². The van der Waals surface area contributed by atoms with E-state index in [1.54, 1.807) is 12.0 Å². The Bertz CT molecular complexity index is 1290. The van der Waals surface area contributed by atoms with Crippen LogP contribution in [0.15, 0.2) is 39.5 Å². The molecule has 0 saturated carbocycles. The molecule has 1 aliphatic rings. The number of methoxy groups -OCH3 is 1. The standard InChI is InChI=1S/C28H33NO6/c1-6-8-12-34-21-10-9-19(16-23(21)33-7-2)25-24-26(30)20-14-17(3)18(4)15-22(20)35-27(24)28(31)29(25)11-13-32-5/h9-10,14-16,25H,6-8,11-13H2,1-5H3. The lowest BCUT2D eigenvalue weighted by molar-refractivity contribution is 0.0663. The molecule has 7 heteroatoms. The van der Waals surface area contributed by atoms with E-state index in [0.29, 0.717) is 54.4 Å². The summed E-state index contributed by atoms with van der Waals surface area (Å²) in [6.45, 7) is 9.64. The van der Waals surface area contributed by atoms with Crippen molar-refractivity contribution in [3.8, 4) is 11.5 Å². The molecule has 3 aromatic rings. The first kappa shape index (κ1) is 24.8. The Morgan fingerprint density at radius 2 is 1.74 bits per heavy atom. The van der Waals surface area contributed by atoms with Gasteiger partial charge >= 0.3 is 0 Å². The molecule has 186 valence electrons. The maximum absolute atomic E-state index is 13.8. The van der Waals surface area contributed by atoms with Crippen molar-refractivity contribution in [1.82, 2.24) is 4.90 Å². The Balaban J connectivity index is 1.87. The van der Waals surface area contributed by atoms with Gasteiger partial charge in [-0.15, -0.1) is 0 Å². The summed E-state index contributed by atoms with van der Waals surface area (Å²) in [6, 6.07) is 8.65. The number of carbonyl (C=O) groups excluding carboxylic acids is 1. The summed E-state index contributed by atoms with van der Waals surface area (Å²) in [5, 5.41) is 0.475. The third-order valence-corrected chi connectivity index (χ3v) is 6.46. The molecule has 0 saturated heterocycles. The molecule has 0 N–H and O–H groups in total. The van der Waals surface area contributed by atoms with Crippen LogP contribution in [0.5, 0.6) is 11.5 Å². The van der Waals surface area contributed by atoms with E-state index in [4.69, 9.17) is 18.6 Å². The van der Waals surface area contributed by atoms with Gasteiger partial charge in [-0.3, -0.25) is 9.59 Å². The van der Waals surface area contributed by atoms with Crippen molar-refractivity contribution >= 4 is 16.9 Å². The molecule has 0 bridgehead atoms. The van der Waals surface area contributed by atoms with Crippen LogP contribution in [0.1, 0.15) is 65.5 Å². The molecule has 0 fully saturated rings. The molecular formula is C28H33NO6. The number of carbonyl (C=O) groups is 1. The first-order chi connectivity index (χ1) is 16.9. The monoisotopic (exact) mass is 479 g/mol. The molecule has 1 aromatic heterocycles. The van der Waals surface area contributed by atoms with Crippen LogP contribution in [0.2, 0.25) is 0 Å². The fraction of sp³-hybridized carbons (Fsp3) is 0.429. The molecule has 1 atom stereocenters. The van der Waals surface area contributed by atoms with E-state index in [1.807, 2.05) is 51.1 Å². The van der Waals surface area contributed by atoms with E-state index < -0.39 is 6.04 Å². The highest BCUT2D eigenvalue weighted by atomic mass is 16.5. The molecule has 0 aliphatic carbocycles. The number of benzene rings is 2. The summed E-state index contributed by atoms with van der Waals surface area (Å²) in [5.74, 6) is 1.01. The Morgan fingerprint density at radius 1 is 0.971 bits per heavy atom. The number of hydrogen-bond donors (Lipinski definition) is 0. The summed E-state index contributed by atoms with van der Waals surface area (Å²) >= 11 is 0. The van der Waals surface area contributed by atoms with E-state index in [0.717, 1.165) is 29.5 Å². The zero-order valence-corrected chi connectivity index (χ0v) is 21.1. The van der Waals surface area contributed by atoms with Crippen LogP contribution in [0.4, 0.5) is 0 Å². The maximum Gasteiger partial charge on any atom is 0.290 e. The van der Waals surface area contributed by atoms with Gasteiger partial charge in [0.15, 0.2) is 16.9 Å². The van der Waals surface area contributed by atoms with Crippen molar-refractivity contribution in [3.63, 3.8) is 0 Å².